The molecule has 0 spiro atoms. The van der Waals surface area contributed by atoms with Crippen LogP contribution in [0.15, 0.2) is 42.5 Å². The van der Waals surface area contributed by atoms with E-state index in [-0.39, 0.29) is 41.9 Å². The third-order valence-corrected chi connectivity index (χ3v) is 4.47. The summed E-state index contributed by atoms with van der Waals surface area (Å²) in [6, 6.07) is 10.8. The predicted octanol–water partition coefficient (Wildman–Crippen LogP) is 4.65. The second kappa shape index (κ2) is 11.9. The maximum Gasteiger partial charge on any atom is 0.387 e. The molecule has 0 saturated carbocycles. The molecule has 2 aromatic rings. The fourth-order valence-corrected chi connectivity index (χ4v) is 3.07. The average molecular weight is 456 g/mol. The zero-order valence-electron chi connectivity index (χ0n) is 17.6. The predicted molar refractivity (Wildman–Crippen MR) is 110 cm³/mol. The number of rotatable bonds is 12. The maximum absolute atomic E-state index is 12.6. The molecule has 174 valence electrons. The summed E-state index contributed by atoms with van der Waals surface area (Å²) in [4.78, 5) is 24.7. The van der Waals surface area contributed by atoms with Crippen molar-refractivity contribution in [2.45, 2.75) is 38.8 Å². The lowest BCUT2D eigenvalue weighted by molar-refractivity contribution is -0.118. The second-order valence-corrected chi connectivity index (χ2v) is 7.11. The molecular formula is C22H24F4N2O4. The molecular weight excluding hydrogens is 432 g/mol. The molecule has 32 heavy (non-hydrogen) atoms. The van der Waals surface area contributed by atoms with Crippen LogP contribution in [0.4, 0.5) is 23.2 Å². The van der Waals surface area contributed by atoms with Gasteiger partial charge in [-0.15, -0.1) is 0 Å². The highest BCUT2D eigenvalue weighted by Crippen LogP contribution is 2.30. The van der Waals surface area contributed by atoms with Crippen molar-refractivity contribution in [2.24, 2.45) is 0 Å². The van der Waals surface area contributed by atoms with Gasteiger partial charge in [0.2, 0.25) is 12.3 Å². The molecule has 6 nitrogen and oxygen atoms in total. The molecule has 0 aliphatic carbocycles. The fourth-order valence-electron chi connectivity index (χ4n) is 3.07. The van der Waals surface area contributed by atoms with Gasteiger partial charge in [0.1, 0.15) is 18.1 Å². The van der Waals surface area contributed by atoms with Crippen LogP contribution < -0.4 is 14.8 Å². The van der Waals surface area contributed by atoms with Crippen LogP contribution in [0.3, 0.4) is 0 Å². The lowest BCUT2D eigenvalue weighted by Crippen LogP contribution is -2.18. The molecule has 10 heteroatoms. The number of nitrogens with zero attached hydrogens (tertiary/aromatic N) is 1. The highest BCUT2D eigenvalue weighted by atomic mass is 19.3. The van der Waals surface area contributed by atoms with Gasteiger partial charge in [-0.25, -0.2) is 8.78 Å². The lowest BCUT2D eigenvalue weighted by atomic mass is 9.96. The van der Waals surface area contributed by atoms with Gasteiger partial charge in [0.15, 0.2) is 0 Å². The van der Waals surface area contributed by atoms with Gasteiger partial charge in [-0.3, -0.25) is 9.59 Å². The number of hydrogen-bond acceptors (Lipinski definition) is 4. The van der Waals surface area contributed by atoms with Crippen LogP contribution in [-0.4, -0.2) is 43.9 Å². The third kappa shape index (κ3) is 7.75. The van der Waals surface area contributed by atoms with E-state index in [0.29, 0.717) is 17.7 Å². The van der Waals surface area contributed by atoms with Gasteiger partial charge in [0, 0.05) is 31.3 Å². The van der Waals surface area contributed by atoms with Crippen molar-refractivity contribution in [3.8, 4) is 11.5 Å². The van der Waals surface area contributed by atoms with Gasteiger partial charge in [-0.2, -0.15) is 8.78 Å². The van der Waals surface area contributed by atoms with Crippen molar-refractivity contribution in [3.05, 3.63) is 53.6 Å². The van der Waals surface area contributed by atoms with Crippen LogP contribution in [0.5, 0.6) is 11.5 Å². The van der Waals surface area contributed by atoms with Crippen molar-refractivity contribution < 1.29 is 36.6 Å². The number of ether oxygens (including phenoxy) is 2. The van der Waals surface area contributed by atoms with Crippen LogP contribution in [-0.2, 0) is 16.1 Å². The largest absolute Gasteiger partial charge is 0.487 e. The number of nitrogens with one attached hydrogen (secondary N) is 1. The molecule has 0 aliphatic rings. The monoisotopic (exact) mass is 456 g/mol. The Morgan fingerprint density at radius 2 is 1.84 bits per heavy atom. The Morgan fingerprint density at radius 1 is 1.12 bits per heavy atom. The Morgan fingerprint density at radius 3 is 2.50 bits per heavy atom. The quantitative estimate of drug-likeness (QED) is 0.373. The van der Waals surface area contributed by atoms with Gasteiger partial charge >= 0.3 is 6.61 Å². The van der Waals surface area contributed by atoms with Crippen LogP contribution in [0.1, 0.15) is 30.4 Å². The number of para-hydroxylation sites is 1. The van der Waals surface area contributed by atoms with Crippen LogP contribution >= 0.6 is 0 Å². The first kappa shape index (κ1) is 25.0. The topological polar surface area (TPSA) is 67.9 Å². The minimum atomic E-state index is -3.04. The van der Waals surface area contributed by atoms with E-state index in [1.165, 1.54) is 30.1 Å². The smallest absolute Gasteiger partial charge is 0.387 e. The summed E-state index contributed by atoms with van der Waals surface area (Å²) in [5, 5.41) is 2.67. The SMILES string of the molecule is C[C@H](CC(=O)Nc1ccc(OC(F)F)c(CN(C)C=O)c1)c1ccccc1OCC(F)F. The van der Waals surface area contributed by atoms with Gasteiger partial charge in [0.05, 0.1) is 0 Å². The van der Waals surface area contributed by atoms with Gasteiger partial charge in [-0.05, 0) is 35.7 Å². The molecule has 2 amide bonds. The zero-order valence-corrected chi connectivity index (χ0v) is 17.6. The van der Waals surface area contributed by atoms with E-state index in [0.717, 1.165) is 0 Å². The molecule has 0 unspecified atom stereocenters. The molecule has 0 aromatic heterocycles. The molecule has 2 aromatic carbocycles. The summed E-state index contributed by atoms with van der Waals surface area (Å²) in [6.45, 7) is -2.03. The molecule has 0 bridgehead atoms. The van der Waals surface area contributed by atoms with E-state index < -0.39 is 19.6 Å². The van der Waals surface area contributed by atoms with E-state index in [1.807, 2.05) is 0 Å². The second-order valence-electron chi connectivity index (χ2n) is 7.11. The number of benzene rings is 2. The van der Waals surface area contributed by atoms with E-state index in [2.05, 4.69) is 10.1 Å². The van der Waals surface area contributed by atoms with Crippen molar-refractivity contribution in [2.75, 3.05) is 19.0 Å². The molecule has 0 heterocycles. The summed E-state index contributed by atoms with van der Waals surface area (Å²) in [7, 11) is 1.47. The lowest BCUT2D eigenvalue weighted by Gasteiger charge is -2.18. The van der Waals surface area contributed by atoms with Crippen LogP contribution in [0, 0.1) is 0 Å². The van der Waals surface area contributed by atoms with Crippen molar-refractivity contribution in [3.63, 3.8) is 0 Å². The third-order valence-electron chi connectivity index (χ3n) is 4.47. The number of carbonyl (C=O) groups is 2. The summed E-state index contributed by atoms with van der Waals surface area (Å²) >= 11 is 0. The van der Waals surface area contributed by atoms with Crippen molar-refractivity contribution >= 4 is 18.0 Å². The molecule has 0 fully saturated rings. The summed E-state index contributed by atoms with van der Waals surface area (Å²) < 4.78 is 59.8. The summed E-state index contributed by atoms with van der Waals surface area (Å²) in [6.07, 6.45) is -2.06. The van der Waals surface area contributed by atoms with E-state index >= 15 is 0 Å². The number of hydrogen-bond donors (Lipinski definition) is 1. The Bertz CT molecular complexity index is 911. The van der Waals surface area contributed by atoms with Crippen molar-refractivity contribution in [1.29, 1.82) is 0 Å². The van der Waals surface area contributed by atoms with E-state index in [9.17, 15) is 27.2 Å². The number of anilines is 1. The molecule has 0 radical (unpaired) electrons. The van der Waals surface area contributed by atoms with E-state index in [4.69, 9.17) is 4.74 Å². The Labute approximate surface area is 183 Å². The fraction of sp³-hybridized carbons (Fsp3) is 0.364. The summed E-state index contributed by atoms with van der Waals surface area (Å²) in [5.41, 5.74) is 1.23. The van der Waals surface area contributed by atoms with E-state index in [1.54, 1.807) is 31.2 Å². The number of halogens is 4. The highest BCUT2D eigenvalue weighted by Gasteiger charge is 2.18. The van der Waals surface area contributed by atoms with Gasteiger partial charge in [-0.1, -0.05) is 25.1 Å². The minimum Gasteiger partial charge on any atom is -0.487 e. The van der Waals surface area contributed by atoms with Crippen LogP contribution in [0.25, 0.3) is 0 Å². The maximum atomic E-state index is 12.6. The molecule has 2 rings (SSSR count). The highest BCUT2D eigenvalue weighted by molar-refractivity contribution is 5.91. The van der Waals surface area contributed by atoms with Crippen LogP contribution in [0.2, 0.25) is 0 Å². The minimum absolute atomic E-state index is 0.000514. The number of amides is 2. The number of carbonyl (C=O) groups excluding carboxylic acids is 2. The zero-order chi connectivity index (χ0) is 23.7. The standard InChI is InChI=1S/C22H24F4N2O4/c1-14(17-5-3-4-6-19(17)31-12-20(23)24)9-21(30)27-16-7-8-18(32-22(25)26)15(10-16)11-28(2)13-29/h3-8,10,13-14,20,22H,9,11-12H2,1-2H3,(H,27,30)/t14-/m1/s1. The molecule has 0 aliphatic heterocycles. The summed E-state index contributed by atoms with van der Waals surface area (Å²) in [5.74, 6) is -0.546. The first-order chi connectivity index (χ1) is 15.2. The molecule has 1 atom stereocenters. The average Bonchev–Trinajstić information content (AvgIpc) is 2.73. The number of alkyl halides is 4. The van der Waals surface area contributed by atoms with Gasteiger partial charge in [0.25, 0.3) is 6.43 Å². The Balaban J connectivity index is 2.10. The Kier molecular flexibility index (Phi) is 9.30. The first-order valence-electron chi connectivity index (χ1n) is 9.72. The normalized spacial score (nSPS) is 11.9. The van der Waals surface area contributed by atoms with Crippen molar-refractivity contribution in [1.82, 2.24) is 4.90 Å². The Hall–Kier alpha value is -3.30. The molecule has 0 saturated heterocycles. The van der Waals surface area contributed by atoms with Gasteiger partial charge < -0.3 is 19.7 Å². The first-order valence-corrected chi connectivity index (χ1v) is 9.72. The molecule has 1 N–H and O–H groups in total.